The molecule has 1 rings (SSSR count). The van der Waals surface area contributed by atoms with Crippen LogP contribution in [0.5, 0.6) is 0 Å². The molecule has 0 aromatic carbocycles. The van der Waals surface area contributed by atoms with Gasteiger partial charge in [-0.25, -0.2) is 4.79 Å². The molecule has 0 amide bonds. The Labute approximate surface area is 102 Å². The second-order valence-corrected chi connectivity index (χ2v) is 3.96. The number of nitrogens with zero attached hydrogens (tertiary/aromatic N) is 1. The summed E-state index contributed by atoms with van der Waals surface area (Å²) in [6.45, 7) is 2.64. The zero-order chi connectivity index (χ0) is 12.7. The smallest absolute Gasteiger partial charge is 0.374 e. The zero-order valence-corrected chi connectivity index (χ0v) is 10.7. The van der Waals surface area contributed by atoms with Crippen LogP contribution < -0.4 is 5.32 Å². The van der Waals surface area contributed by atoms with Crippen molar-refractivity contribution in [3.63, 3.8) is 0 Å². The van der Waals surface area contributed by atoms with Gasteiger partial charge < -0.3 is 19.4 Å². The topological polar surface area (TPSA) is 54.7 Å². The van der Waals surface area contributed by atoms with Crippen molar-refractivity contribution in [1.29, 1.82) is 0 Å². The van der Waals surface area contributed by atoms with Crippen molar-refractivity contribution in [3.05, 3.63) is 23.7 Å². The van der Waals surface area contributed by atoms with E-state index in [2.05, 4.69) is 15.0 Å². The molecule has 0 saturated heterocycles. The summed E-state index contributed by atoms with van der Waals surface area (Å²) in [5, 5.41) is 3.10. The fraction of sp³-hybridized carbons (Fsp3) is 0.583. The fourth-order valence-electron chi connectivity index (χ4n) is 1.63. The van der Waals surface area contributed by atoms with Crippen molar-refractivity contribution in [2.75, 3.05) is 34.3 Å². The van der Waals surface area contributed by atoms with E-state index < -0.39 is 5.97 Å². The molecule has 1 heterocycles. The normalized spacial score (nSPS) is 10.8. The number of furan rings is 1. The molecule has 0 bridgehead atoms. The molecule has 0 radical (unpaired) electrons. The molecule has 96 valence electrons. The van der Waals surface area contributed by atoms with E-state index in [1.54, 1.807) is 6.07 Å². The van der Waals surface area contributed by atoms with Crippen LogP contribution in [0.2, 0.25) is 0 Å². The number of methoxy groups -OCH3 is 1. The van der Waals surface area contributed by atoms with E-state index in [0.29, 0.717) is 12.3 Å². The largest absolute Gasteiger partial charge is 0.463 e. The van der Waals surface area contributed by atoms with Gasteiger partial charge in [-0.2, -0.15) is 0 Å². The summed E-state index contributed by atoms with van der Waals surface area (Å²) in [4.78, 5) is 13.5. The number of hydrogen-bond donors (Lipinski definition) is 1. The minimum atomic E-state index is -0.423. The van der Waals surface area contributed by atoms with Crippen molar-refractivity contribution in [3.8, 4) is 0 Å². The van der Waals surface area contributed by atoms with Crippen LogP contribution in [0.3, 0.4) is 0 Å². The Bertz CT molecular complexity index is 349. The maximum Gasteiger partial charge on any atom is 0.374 e. The molecule has 17 heavy (non-hydrogen) atoms. The number of hydrogen-bond acceptors (Lipinski definition) is 5. The van der Waals surface area contributed by atoms with Gasteiger partial charge in [-0.05, 0) is 39.7 Å². The Balaban J connectivity index is 2.50. The average Bonchev–Trinajstić information content (AvgIpc) is 2.76. The monoisotopic (exact) mass is 240 g/mol. The maximum absolute atomic E-state index is 11.4. The average molecular weight is 240 g/mol. The highest BCUT2D eigenvalue weighted by Gasteiger charge is 2.16. The van der Waals surface area contributed by atoms with Crippen molar-refractivity contribution < 1.29 is 13.9 Å². The van der Waals surface area contributed by atoms with Gasteiger partial charge in [0, 0.05) is 12.1 Å². The number of rotatable bonds is 7. The lowest BCUT2D eigenvalue weighted by Gasteiger charge is -2.15. The molecule has 0 spiro atoms. The highest BCUT2D eigenvalue weighted by atomic mass is 16.5. The van der Waals surface area contributed by atoms with E-state index in [0.717, 1.165) is 25.1 Å². The summed E-state index contributed by atoms with van der Waals surface area (Å²) in [5.41, 5.74) is 0.865. The van der Waals surface area contributed by atoms with Gasteiger partial charge in [0.25, 0.3) is 0 Å². The molecule has 5 nitrogen and oxygen atoms in total. The van der Waals surface area contributed by atoms with Gasteiger partial charge >= 0.3 is 5.97 Å². The zero-order valence-electron chi connectivity index (χ0n) is 10.7. The molecular weight excluding hydrogens is 220 g/mol. The van der Waals surface area contributed by atoms with Gasteiger partial charge in [-0.1, -0.05) is 0 Å². The quantitative estimate of drug-likeness (QED) is 0.571. The van der Waals surface area contributed by atoms with Gasteiger partial charge in [-0.3, -0.25) is 0 Å². The molecule has 0 aliphatic heterocycles. The van der Waals surface area contributed by atoms with Crippen LogP contribution in [-0.2, 0) is 11.3 Å². The van der Waals surface area contributed by atoms with Crippen LogP contribution in [0.25, 0.3) is 0 Å². The summed E-state index contributed by atoms with van der Waals surface area (Å²) < 4.78 is 9.78. The first-order valence-electron chi connectivity index (χ1n) is 5.67. The molecule has 1 N–H and O–H groups in total. The highest BCUT2D eigenvalue weighted by molar-refractivity contribution is 5.87. The molecule has 0 fully saturated rings. The Morgan fingerprint density at radius 1 is 1.59 bits per heavy atom. The first-order valence-corrected chi connectivity index (χ1v) is 5.67. The first-order chi connectivity index (χ1) is 8.19. The summed E-state index contributed by atoms with van der Waals surface area (Å²) in [5.74, 6) is -0.124. The second-order valence-electron chi connectivity index (χ2n) is 3.96. The van der Waals surface area contributed by atoms with Crippen LogP contribution in [0.1, 0.15) is 22.5 Å². The lowest BCUT2D eigenvalue weighted by Crippen LogP contribution is -2.23. The van der Waals surface area contributed by atoms with Crippen molar-refractivity contribution in [2.45, 2.75) is 13.0 Å². The molecule has 0 aliphatic rings. The Morgan fingerprint density at radius 2 is 2.35 bits per heavy atom. The predicted octanol–water partition coefficient (Wildman–Crippen LogP) is 1.11. The molecule has 1 aromatic heterocycles. The molecule has 1 aromatic rings. The molecule has 0 atom stereocenters. The lowest BCUT2D eigenvalue weighted by atomic mass is 10.2. The molecule has 0 aliphatic carbocycles. The maximum atomic E-state index is 11.4. The molecular formula is C12H20N2O3. The second kappa shape index (κ2) is 7.09. The predicted molar refractivity (Wildman–Crippen MR) is 64.9 cm³/mol. The van der Waals surface area contributed by atoms with E-state index in [1.807, 2.05) is 14.1 Å². The highest BCUT2D eigenvalue weighted by Crippen LogP contribution is 2.13. The molecule has 0 saturated carbocycles. The van der Waals surface area contributed by atoms with Gasteiger partial charge in [0.05, 0.1) is 13.4 Å². The third-order valence-corrected chi connectivity index (χ3v) is 2.52. The van der Waals surface area contributed by atoms with Crippen LogP contribution in [0, 0.1) is 0 Å². The van der Waals surface area contributed by atoms with E-state index in [1.165, 1.54) is 13.4 Å². The number of ether oxygens (including phenoxy) is 1. The van der Waals surface area contributed by atoms with Crippen molar-refractivity contribution in [1.82, 2.24) is 10.2 Å². The summed E-state index contributed by atoms with van der Waals surface area (Å²) >= 11 is 0. The molecule has 0 unspecified atom stereocenters. The van der Waals surface area contributed by atoms with Crippen LogP contribution in [0.4, 0.5) is 0 Å². The Morgan fingerprint density at radius 3 is 3.00 bits per heavy atom. The lowest BCUT2D eigenvalue weighted by molar-refractivity contribution is 0.0562. The van der Waals surface area contributed by atoms with Gasteiger partial charge in [-0.15, -0.1) is 0 Å². The Hall–Kier alpha value is -1.33. The molecule has 5 heteroatoms. The number of nitrogens with one attached hydrogen (secondary N) is 1. The fourth-order valence-corrected chi connectivity index (χ4v) is 1.63. The first kappa shape index (κ1) is 13.7. The van der Waals surface area contributed by atoms with Gasteiger partial charge in [0.1, 0.15) is 0 Å². The van der Waals surface area contributed by atoms with Crippen LogP contribution >= 0.6 is 0 Å². The Kier molecular flexibility index (Phi) is 5.72. The van der Waals surface area contributed by atoms with Crippen molar-refractivity contribution in [2.24, 2.45) is 0 Å². The minimum Gasteiger partial charge on any atom is -0.463 e. The van der Waals surface area contributed by atoms with Gasteiger partial charge in [0.15, 0.2) is 0 Å². The summed E-state index contributed by atoms with van der Waals surface area (Å²) in [6, 6.07) is 1.81. The number of carbonyl (C=O) groups excluding carboxylic acids is 1. The van der Waals surface area contributed by atoms with Gasteiger partial charge in [0.2, 0.25) is 5.76 Å². The minimum absolute atomic E-state index is 0.299. The third-order valence-electron chi connectivity index (χ3n) is 2.52. The SMILES string of the molecule is CNCCCN(C)Cc1ccoc1C(=O)OC. The third kappa shape index (κ3) is 4.20. The van der Waals surface area contributed by atoms with E-state index in [-0.39, 0.29) is 0 Å². The standard InChI is InChI=1S/C12H20N2O3/c1-13-6-4-7-14(2)9-10-5-8-17-11(10)12(15)16-3/h5,8,13H,4,6-7,9H2,1-3H3. The number of esters is 1. The van der Waals surface area contributed by atoms with Crippen molar-refractivity contribution >= 4 is 5.97 Å². The van der Waals surface area contributed by atoms with E-state index in [4.69, 9.17) is 4.42 Å². The summed E-state index contributed by atoms with van der Waals surface area (Å²) in [7, 11) is 5.31. The van der Waals surface area contributed by atoms with E-state index >= 15 is 0 Å². The van der Waals surface area contributed by atoms with E-state index in [9.17, 15) is 4.79 Å². The number of carbonyl (C=O) groups is 1. The summed E-state index contributed by atoms with van der Waals surface area (Å²) in [6.07, 6.45) is 2.58. The van der Waals surface area contributed by atoms with Crippen LogP contribution in [-0.4, -0.2) is 45.2 Å². The van der Waals surface area contributed by atoms with Crippen LogP contribution in [0.15, 0.2) is 16.7 Å².